The molecule has 5 nitrogen and oxygen atoms in total. The van der Waals surface area contributed by atoms with Crippen LogP contribution in [0.1, 0.15) is 17.5 Å². The van der Waals surface area contributed by atoms with E-state index in [0.717, 1.165) is 16.5 Å². The van der Waals surface area contributed by atoms with Crippen molar-refractivity contribution in [3.05, 3.63) is 66.0 Å². The first kappa shape index (κ1) is 13.4. The Morgan fingerprint density at radius 1 is 0.955 bits per heavy atom. The van der Waals surface area contributed by atoms with Gasteiger partial charge in [0.2, 0.25) is 0 Å². The van der Waals surface area contributed by atoms with Crippen molar-refractivity contribution < 1.29 is 5.11 Å². The number of fused-ring (bicyclic) bond motifs is 3. The molecule has 0 bridgehead atoms. The van der Waals surface area contributed by atoms with Crippen LogP contribution in [0, 0.1) is 0 Å². The van der Waals surface area contributed by atoms with E-state index in [0.29, 0.717) is 16.1 Å². The summed E-state index contributed by atoms with van der Waals surface area (Å²) in [6.07, 6.45) is -0.859. The van der Waals surface area contributed by atoms with Crippen molar-refractivity contribution in [3.63, 3.8) is 0 Å². The van der Waals surface area contributed by atoms with Gasteiger partial charge in [-0.3, -0.25) is 0 Å². The number of aromatic nitrogens is 4. The number of nitrogens with zero attached hydrogens (tertiary/aromatic N) is 4. The van der Waals surface area contributed by atoms with Crippen molar-refractivity contribution in [2.45, 2.75) is 6.10 Å². The Kier molecular flexibility index (Phi) is 3.17. The van der Waals surface area contributed by atoms with Crippen LogP contribution in [-0.2, 0) is 0 Å². The van der Waals surface area contributed by atoms with Gasteiger partial charge < -0.3 is 0 Å². The second-order valence-corrected chi connectivity index (χ2v) is 5.79. The fraction of sp³-hybridized carbons (Fsp3) is 0.0625. The van der Waals surface area contributed by atoms with Gasteiger partial charge in [0.25, 0.3) is 0 Å². The van der Waals surface area contributed by atoms with Crippen LogP contribution in [-0.4, -0.2) is 41.5 Å². The van der Waals surface area contributed by atoms with Crippen LogP contribution in [0.25, 0.3) is 16.6 Å². The Labute approximate surface area is 135 Å². The van der Waals surface area contributed by atoms with Crippen molar-refractivity contribution in [2.75, 3.05) is 0 Å². The van der Waals surface area contributed by atoms with Crippen molar-refractivity contribution in [1.82, 2.24) is 19.6 Å². The Hall–Kier alpha value is -2.23. The van der Waals surface area contributed by atoms with Gasteiger partial charge in [0.1, 0.15) is 0 Å². The summed E-state index contributed by atoms with van der Waals surface area (Å²) < 4.78 is 2.21. The molecule has 0 aliphatic heterocycles. The third-order valence-electron chi connectivity index (χ3n) is 3.55. The summed E-state index contributed by atoms with van der Waals surface area (Å²) >= 11 is 2.32. The molecule has 0 spiro atoms. The second kappa shape index (κ2) is 5.20. The van der Waals surface area contributed by atoms with Gasteiger partial charge in [0.15, 0.2) is 0 Å². The third kappa shape index (κ3) is 2.10. The van der Waals surface area contributed by atoms with Crippen LogP contribution < -0.4 is 4.61 Å². The van der Waals surface area contributed by atoms with Gasteiger partial charge in [-0.15, -0.1) is 0 Å². The van der Waals surface area contributed by atoms with Gasteiger partial charge >= 0.3 is 135 Å². The first-order valence-corrected chi connectivity index (χ1v) is 7.75. The predicted octanol–water partition coefficient (Wildman–Crippen LogP) is 1.15. The number of rotatable bonds is 2. The van der Waals surface area contributed by atoms with Crippen LogP contribution in [0.5, 0.6) is 0 Å². The van der Waals surface area contributed by atoms with Crippen LogP contribution in [0.15, 0.2) is 54.6 Å². The maximum atomic E-state index is 10.7. The van der Waals surface area contributed by atoms with E-state index < -0.39 is 6.10 Å². The Morgan fingerprint density at radius 3 is 2.50 bits per heavy atom. The molecule has 0 aliphatic carbocycles. The molecule has 1 atom stereocenters. The van der Waals surface area contributed by atoms with Crippen LogP contribution >= 0.6 is 0 Å². The van der Waals surface area contributed by atoms with Gasteiger partial charge in [-0.2, -0.15) is 0 Å². The quantitative estimate of drug-likeness (QED) is 0.551. The molecule has 0 saturated carbocycles. The maximum absolute atomic E-state index is 10.7. The molecule has 22 heavy (non-hydrogen) atoms. The standard InChI is InChI=1S/C16H11AsN4O/c17-16-19-14-11-8-4-5-9-12(11)18-15(21(14)20-16)13(22)10-6-2-1-3-7-10/h1-9,13,22H/t13-/m1/s1. The van der Waals surface area contributed by atoms with E-state index in [1.807, 2.05) is 54.6 Å². The number of aliphatic hydroxyl groups excluding tert-OH is 1. The monoisotopic (exact) mass is 350 g/mol. The average Bonchev–Trinajstić information content (AvgIpc) is 2.96. The van der Waals surface area contributed by atoms with Crippen LogP contribution in [0.3, 0.4) is 0 Å². The molecule has 0 unspecified atom stereocenters. The molecule has 0 aliphatic rings. The zero-order chi connectivity index (χ0) is 15.1. The van der Waals surface area contributed by atoms with E-state index in [1.165, 1.54) is 0 Å². The van der Waals surface area contributed by atoms with E-state index >= 15 is 0 Å². The second-order valence-electron chi connectivity index (χ2n) is 4.95. The summed E-state index contributed by atoms with van der Waals surface area (Å²) in [5.41, 5.74) is 2.26. The van der Waals surface area contributed by atoms with Gasteiger partial charge in [-0.1, -0.05) is 0 Å². The van der Waals surface area contributed by atoms with Crippen molar-refractivity contribution >= 4 is 38.0 Å². The molecule has 4 rings (SSSR count). The summed E-state index contributed by atoms with van der Waals surface area (Å²) in [4.78, 5) is 9.05. The molecule has 4 aromatic rings. The zero-order valence-corrected chi connectivity index (χ0v) is 13.3. The van der Waals surface area contributed by atoms with Crippen molar-refractivity contribution in [3.8, 4) is 0 Å². The molecule has 2 heterocycles. The molecular formula is C16H11AsN4O. The van der Waals surface area contributed by atoms with E-state index in [-0.39, 0.29) is 0 Å². The number of benzene rings is 2. The number of hydrogen-bond donors (Lipinski definition) is 1. The van der Waals surface area contributed by atoms with Crippen LogP contribution in [0.4, 0.5) is 0 Å². The molecule has 2 aromatic carbocycles. The molecule has 2 radical (unpaired) electrons. The van der Waals surface area contributed by atoms with E-state index in [2.05, 4.69) is 31.9 Å². The fourth-order valence-electron chi connectivity index (χ4n) is 2.53. The van der Waals surface area contributed by atoms with Gasteiger partial charge in [0, 0.05) is 0 Å². The SMILES string of the molecule is O[C@H](c1ccccc1)c1nc2ccccc2c2nc([As])nn12. The molecule has 106 valence electrons. The van der Waals surface area contributed by atoms with Crippen molar-refractivity contribution in [1.29, 1.82) is 0 Å². The Bertz CT molecular complexity index is 968. The molecule has 0 amide bonds. The summed E-state index contributed by atoms with van der Waals surface area (Å²) in [7, 11) is 0. The van der Waals surface area contributed by atoms with Gasteiger partial charge in [-0.05, 0) is 0 Å². The normalized spacial score (nSPS) is 12.8. The van der Waals surface area contributed by atoms with Crippen LogP contribution in [0.2, 0.25) is 0 Å². The Morgan fingerprint density at radius 2 is 1.68 bits per heavy atom. The zero-order valence-electron chi connectivity index (χ0n) is 11.5. The summed E-state index contributed by atoms with van der Waals surface area (Å²) in [5.74, 6) is 0.463. The Balaban J connectivity index is 2.03. The fourth-order valence-corrected chi connectivity index (χ4v) is 2.91. The average molecular weight is 350 g/mol. The van der Waals surface area contributed by atoms with E-state index in [1.54, 1.807) is 4.52 Å². The third-order valence-corrected chi connectivity index (χ3v) is 3.95. The van der Waals surface area contributed by atoms with E-state index in [4.69, 9.17) is 0 Å². The first-order valence-electron chi connectivity index (χ1n) is 6.81. The topological polar surface area (TPSA) is 63.3 Å². The van der Waals surface area contributed by atoms with Crippen molar-refractivity contribution in [2.24, 2.45) is 0 Å². The molecular weight excluding hydrogens is 339 g/mol. The minimum absolute atomic E-state index is 0.463. The summed E-state index contributed by atoms with van der Waals surface area (Å²) in [5, 5.41) is 16.0. The predicted molar refractivity (Wildman–Crippen MR) is 84.2 cm³/mol. The molecule has 1 N–H and O–H groups in total. The summed E-state index contributed by atoms with van der Waals surface area (Å²) in [6.45, 7) is 0. The number of aliphatic hydroxyl groups is 1. The van der Waals surface area contributed by atoms with Gasteiger partial charge in [0.05, 0.1) is 0 Å². The van der Waals surface area contributed by atoms with E-state index in [9.17, 15) is 5.11 Å². The summed E-state index contributed by atoms with van der Waals surface area (Å²) in [6, 6.07) is 17.2. The molecule has 0 fully saturated rings. The van der Waals surface area contributed by atoms with Gasteiger partial charge in [-0.25, -0.2) is 0 Å². The first-order chi connectivity index (χ1) is 10.7. The number of hydrogen-bond acceptors (Lipinski definition) is 4. The number of para-hydroxylation sites is 1. The molecule has 6 heteroatoms. The molecule has 0 saturated heterocycles. The molecule has 2 aromatic heterocycles. The minimum atomic E-state index is -0.859.